The molecule has 0 aromatic carbocycles. The molecular weight excluding hydrogens is 320 g/mol. The maximum absolute atomic E-state index is 12.5. The van der Waals surface area contributed by atoms with Crippen LogP contribution in [-0.4, -0.2) is 58.7 Å². The summed E-state index contributed by atoms with van der Waals surface area (Å²) >= 11 is 0. The van der Waals surface area contributed by atoms with Gasteiger partial charge in [-0.05, 0) is 37.8 Å². The van der Waals surface area contributed by atoms with Gasteiger partial charge in [-0.2, -0.15) is 0 Å². The smallest absolute Gasteiger partial charge is 0.315 e. The van der Waals surface area contributed by atoms with Gasteiger partial charge in [0, 0.05) is 31.0 Å². The van der Waals surface area contributed by atoms with Gasteiger partial charge < -0.3 is 20.6 Å². The van der Waals surface area contributed by atoms with Gasteiger partial charge in [-0.25, -0.2) is 4.79 Å². The Balaban J connectivity index is 1.82. The molecule has 3 N–H and O–H groups in total. The number of rotatable bonds is 6. The van der Waals surface area contributed by atoms with Crippen molar-refractivity contribution in [1.29, 1.82) is 0 Å². The zero-order chi connectivity index (χ0) is 18.4. The number of aliphatic hydroxyl groups is 1. The molecule has 3 amide bonds. The minimum atomic E-state index is -0.295. The average molecular weight is 348 g/mol. The number of hydrogen-bond donors (Lipinski definition) is 3. The Morgan fingerprint density at radius 3 is 2.76 bits per heavy atom. The number of aliphatic hydroxyl groups excluding tert-OH is 1. The fourth-order valence-electron chi connectivity index (χ4n) is 3.00. The molecule has 25 heavy (non-hydrogen) atoms. The summed E-state index contributed by atoms with van der Waals surface area (Å²) in [5.74, 6) is 0.324. The number of nitrogens with zero attached hydrogens (tertiary/aromatic N) is 2. The summed E-state index contributed by atoms with van der Waals surface area (Å²) in [6.07, 6.45) is 3.02. The Morgan fingerprint density at radius 1 is 1.40 bits per heavy atom. The van der Waals surface area contributed by atoms with Gasteiger partial charge in [-0.1, -0.05) is 13.8 Å². The number of urea groups is 1. The van der Waals surface area contributed by atoms with Crippen molar-refractivity contribution < 1.29 is 14.7 Å². The second-order valence-corrected chi connectivity index (χ2v) is 7.05. The van der Waals surface area contributed by atoms with E-state index >= 15 is 0 Å². The number of hydrogen-bond acceptors (Lipinski definition) is 4. The van der Waals surface area contributed by atoms with Gasteiger partial charge in [0.2, 0.25) is 0 Å². The quantitative estimate of drug-likeness (QED) is 0.722. The number of aromatic nitrogens is 1. The van der Waals surface area contributed by atoms with E-state index in [2.05, 4.69) is 15.6 Å². The highest BCUT2D eigenvalue weighted by atomic mass is 16.3. The Morgan fingerprint density at radius 2 is 2.16 bits per heavy atom. The van der Waals surface area contributed by atoms with Crippen molar-refractivity contribution >= 4 is 11.9 Å². The van der Waals surface area contributed by atoms with E-state index in [0.29, 0.717) is 31.0 Å². The van der Waals surface area contributed by atoms with E-state index in [1.165, 1.54) is 0 Å². The zero-order valence-electron chi connectivity index (χ0n) is 15.2. The minimum absolute atomic E-state index is 0.0646. The van der Waals surface area contributed by atoms with Crippen LogP contribution >= 0.6 is 0 Å². The van der Waals surface area contributed by atoms with Crippen LogP contribution in [0.5, 0.6) is 0 Å². The third-order valence-electron chi connectivity index (χ3n) is 4.28. The van der Waals surface area contributed by atoms with Gasteiger partial charge in [-0.15, -0.1) is 0 Å². The Kier molecular flexibility index (Phi) is 6.75. The second-order valence-electron chi connectivity index (χ2n) is 7.05. The normalized spacial score (nSPS) is 18.3. The van der Waals surface area contributed by atoms with E-state index in [9.17, 15) is 14.7 Å². The molecule has 1 aliphatic heterocycles. The van der Waals surface area contributed by atoms with Crippen LogP contribution in [0.25, 0.3) is 0 Å². The molecule has 0 bridgehead atoms. The molecule has 0 unspecified atom stereocenters. The summed E-state index contributed by atoms with van der Waals surface area (Å²) in [6, 6.07) is 2.96. The van der Waals surface area contributed by atoms with Crippen LogP contribution in [0.1, 0.15) is 42.7 Å². The summed E-state index contributed by atoms with van der Waals surface area (Å²) in [5, 5.41) is 15.0. The van der Waals surface area contributed by atoms with E-state index < -0.39 is 0 Å². The monoisotopic (exact) mass is 348 g/mol. The number of aryl methyl sites for hydroxylation is 1. The number of amides is 3. The molecule has 1 aliphatic rings. The zero-order valence-corrected chi connectivity index (χ0v) is 15.2. The first-order chi connectivity index (χ1) is 11.9. The lowest BCUT2D eigenvalue weighted by Crippen LogP contribution is -2.48. The van der Waals surface area contributed by atoms with Crippen LogP contribution in [0.15, 0.2) is 18.3 Å². The van der Waals surface area contributed by atoms with E-state index in [1.807, 2.05) is 26.8 Å². The highest BCUT2D eigenvalue weighted by Gasteiger charge is 2.28. The molecule has 0 aliphatic carbocycles. The largest absolute Gasteiger partial charge is 0.394 e. The molecule has 2 rings (SSSR count). The lowest BCUT2D eigenvalue weighted by molar-refractivity contribution is 0.0789. The van der Waals surface area contributed by atoms with Gasteiger partial charge >= 0.3 is 6.03 Å². The maximum Gasteiger partial charge on any atom is 0.315 e. The van der Waals surface area contributed by atoms with Crippen molar-refractivity contribution in [3.8, 4) is 0 Å². The number of pyridine rings is 1. The van der Waals surface area contributed by atoms with E-state index in [4.69, 9.17) is 0 Å². The van der Waals surface area contributed by atoms with E-state index in [0.717, 1.165) is 12.1 Å². The number of carbonyl (C=O) groups excluding carboxylic acids is 2. The highest BCUT2D eigenvalue weighted by molar-refractivity contribution is 5.94. The van der Waals surface area contributed by atoms with Gasteiger partial charge in [0.15, 0.2) is 0 Å². The number of likely N-dealkylation sites (tertiary alicyclic amines) is 1. The topological polar surface area (TPSA) is 94.6 Å². The van der Waals surface area contributed by atoms with Crippen LogP contribution in [0, 0.1) is 12.8 Å². The van der Waals surface area contributed by atoms with Crippen molar-refractivity contribution in [2.75, 3.05) is 19.7 Å². The van der Waals surface area contributed by atoms with Crippen LogP contribution in [0.4, 0.5) is 4.79 Å². The van der Waals surface area contributed by atoms with Crippen molar-refractivity contribution in [3.05, 3.63) is 29.6 Å². The first-order valence-electron chi connectivity index (χ1n) is 8.78. The van der Waals surface area contributed by atoms with Gasteiger partial charge in [0.25, 0.3) is 5.91 Å². The van der Waals surface area contributed by atoms with Gasteiger partial charge in [0.1, 0.15) is 0 Å². The van der Waals surface area contributed by atoms with Crippen molar-refractivity contribution in [3.63, 3.8) is 0 Å². The fourth-order valence-corrected chi connectivity index (χ4v) is 3.00. The van der Waals surface area contributed by atoms with E-state index in [1.54, 1.807) is 17.2 Å². The molecule has 7 nitrogen and oxygen atoms in total. The molecule has 0 radical (unpaired) electrons. The average Bonchev–Trinajstić information content (AvgIpc) is 3.02. The molecular formula is C18H28N4O3. The minimum Gasteiger partial charge on any atom is -0.394 e. The van der Waals surface area contributed by atoms with E-state index in [-0.39, 0.29) is 30.6 Å². The predicted molar refractivity (Wildman–Crippen MR) is 95.3 cm³/mol. The molecule has 0 spiro atoms. The van der Waals surface area contributed by atoms with Crippen LogP contribution in [-0.2, 0) is 0 Å². The molecule has 1 aromatic heterocycles. The first-order valence-corrected chi connectivity index (χ1v) is 8.78. The van der Waals surface area contributed by atoms with Gasteiger partial charge in [0.05, 0.1) is 18.2 Å². The number of nitrogens with one attached hydrogen (secondary N) is 2. The predicted octanol–water partition coefficient (Wildman–Crippen LogP) is 1.31. The summed E-state index contributed by atoms with van der Waals surface area (Å²) in [6.45, 7) is 6.97. The van der Waals surface area contributed by atoms with Crippen molar-refractivity contribution in [1.82, 2.24) is 20.5 Å². The summed E-state index contributed by atoms with van der Waals surface area (Å²) < 4.78 is 0. The Hall–Kier alpha value is -2.15. The summed E-state index contributed by atoms with van der Waals surface area (Å²) in [7, 11) is 0. The van der Waals surface area contributed by atoms with Crippen LogP contribution < -0.4 is 10.6 Å². The molecule has 1 saturated heterocycles. The fraction of sp³-hybridized carbons (Fsp3) is 0.611. The lowest BCUT2D eigenvalue weighted by atomic mass is 10.0. The van der Waals surface area contributed by atoms with Gasteiger partial charge in [-0.3, -0.25) is 9.78 Å². The highest BCUT2D eigenvalue weighted by Crippen LogP contribution is 2.14. The SMILES string of the molecule is Cc1ccc(C(=O)N2CC[C@@H](NC(=O)N[C@@H](CO)CC(C)C)C2)cn1. The molecule has 1 fully saturated rings. The molecule has 2 heterocycles. The third-order valence-corrected chi connectivity index (χ3v) is 4.28. The van der Waals surface area contributed by atoms with Crippen LogP contribution in [0.3, 0.4) is 0 Å². The molecule has 138 valence electrons. The van der Waals surface area contributed by atoms with Crippen molar-refractivity contribution in [2.24, 2.45) is 5.92 Å². The molecule has 2 atom stereocenters. The summed E-state index contributed by atoms with van der Waals surface area (Å²) in [5.41, 5.74) is 1.43. The lowest BCUT2D eigenvalue weighted by Gasteiger charge is -2.21. The second kappa shape index (κ2) is 8.80. The first kappa shape index (κ1) is 19.2. The summed E-state index contributed by atoms with van der Waals surface area (Å²) in [4.78, 5) is 30.4. The number of carbonyl (C=O) groups is 2. The van der Waals surface area contributed by atoms with Crippen LogP contribution in [0.2, 0.25) is 0 Å². The third kappa shape index (κ3) is 5.70. The van der Waals surface area contributed by atoms with Crippen molar-refractivity contribution in [2.45, 2.75) is 45.7 Å². The molecule has 1 aromatic rings. The Labute approximate surface area is 148 Å². The standard InChI is InChI=1S/C18H28N4O3/c1-12(2)8-16(11-23)21-18(25)20-15-6-7-22(10-15)17(24)14-5-4-13(3)19-9-14/h4-5,9,12,15-16,23H,6-8,10-11H2,1-3H3,(H2,20,21,25)/t15-,16-/m1/s1. The Bertz CT molecular complexity index is 588. The maximum atomic E-state index is 12.5. The molecule has 7 heteroatoms. The molecule has 0 saturated carbocycles.